The fraction of sp³-hybridized carbons (Fsp3) is 0.192. The van der Waals surface area contributed by atoms with E-state index in [4.69, 9.17) is 11.6 Å². The quantitative estimate of drug-likeness (QED) is 0.372. The van der Waals surface area contributed by atoms with Gasteiger partial charge in [-0.25, -0.2) is 9.18 Å². The lowest BCUT2D eigenvalue weighted by atomic mass is 10.0. The summed E-state index contributed by atoms with van der Waals surface area (Å²) in [5.41, 5.74) is 3.39. The van der Waals surface area contributed by atoms with Gasteiger partial charge in [0.2, 0.25) is 11.8 Å². The smallest absolute Gasteiger partial charge is 0.337 e. The van der Waals surface area contributed by atoms with Crippen LogP contribution in [0.5, 0.6) is 0 Å². The molecule has 0 aliphatic carbocycles. The van der Waals surface area contributed by atoms with Gasteiger partial charge in [0.15, 0.2) is 0 Å². The summed E-state index contributed by atoms with van der Waals surface area (Å²) in [6, 6.07) is 16.1. The van der Waals surface area contributed by atoms with E-state index in [-0.39, 0.29) is 39.5 Å². The second-order valence-corrected chi connectivity index (χ2v) is 9.10. The van der Waals surface area contributed by atoms with Crippen LogP contribution >= 0.6 is 23.4 Å². The van der Waals surface area contributed by atoms with E-state index >= 15 is 0 Å². The largest absolute Gasteiger partial charge is 0.478 e. The zero-order chi connectivity index (χ0) is 25.5. The molecule has 2 amide bonds. The highest BCUT2D eigenvalue weighted by molar-refractivity contribution is 8.00. The molecule has 9 heteroatoms. The maximum atomic E-state index is 13.3. The molecule has 0 fully saturated rings. The molecule has 0 saturated carbocycles. The number of benzene rings is 3. The summed E-state index contributed by atoms with van der Waals surface area (Å²) in [7, 11) is 0. The van der Waals surface area contributed by atoms with Gasteiger partial charge in [-0.15, -0.1) is 11.8 Å². The molecule has 35 heavy (non-hydrogen) atoms. The van der Waals surface area contributed by atoms with Crippen LogP contribution in [0.25, 0.3) is 11.1 Å². The molecule has 0 aliphatic rings. The lowest BCUT2D eigenvalue weighted by Gasteiger charge is -2.24. The van der Waals surface area contributed by atoms with E-state index in [1.54, 1.807) is 17.0 Å². The van der Waals surface area contributed by atoms with Crippen molar-refractivity contribution in [1.29, 1.82) is 0 Å². The maximum Gasteiger partial charge on any atom is 0.337 e. The number of carbonyl (C=O) groups is 3. The Morgan fingerprint density at radius 2 is 1.69 bits per heavy atom. The number of hydrogen-bond acceptors (Lipinski definition) is 4. The third kappa shape index (κ3) is 6.83. The second-order valence-electron chi connectivity index (χ2n) is 7.68. The van der Waals surface area contributed by atoms with Crippen LogP contribution in [0.4, 0.5) is 15.8 Å². The van der Waals surface area contributed by atoms with E-state index in [1.807, 2.05) is 32.0 Å². The Morgan fingerprint density at radius 3 is 2.34 bits per heavy atom. The zero-order valence-electron chi connectivity index (χ0n) is 19.2. The predicted molar refractivity (Wildman–Crippen MR) is 139 cm³/mol. The number of carboxylic acids is 1. The Hall–Kier alpha value is -3.36. The third-order valence-electron chi connectivity index (χ3n) is 5.24. The average Bonchev–Trinajstić information content (AvgIpc) is 2.82. The van der Waals surface area contributed by atoms with Crippen LogP contribution in [-0.4, -0.2) is 40.9 Å². The number of carbonyl (C=O) groups excluding carboxylic acids is 2. The van der Waals surface area contributed by atoms with Gasteiger partial charge in [-0.1, -0.05) is 35.9 Å². The van der Waals surface area contributed by atoms with Crippen molar-refractivity contribution in [1.82, 2.24) is 0 Å². The van der Waals surface area contributed by atoms with E-state index in [0.29, 0.717) is 6.54 Å². The normalized spacial score (nSPS) is 10.6. The highest BCUT2D eigenvalue weighted by Gasteiger charge is 2.18. The molecule has 6 nitrogen and oxygen atoms in total. The summed E-state index contributed by atoms with van der Waals surface area (Å²) in [6.45, 7) is 4.21. The molecule has 0 saturated heterocycles. The molecular formula is C26H24ClFN2O4S. The number of nitrogens with one attached hydrogen (secondary N) is 1. The van der Waals surface area contributed by atoms with E-state index in [9.17, 15) is 23.9 Å². The van der Waals surface area contributed by atoms with Crippen LogP contribution in [0.1, 0.15) is 22.8 Å². The van der Waals surface area contributed by atoms with Crippen molar-refractivity contribution in [3.8, 4) is 11.1 Å². The van der Waals surface area contributed by atoms with E-state index in [1.165, 1.54) is 30.3 Å². The lowest BCUT2D eigenvalue weighted by molar-refractivity contribution is -0.116. The molecule has 0 radical (unpaired) electrons. The van der Waals surface area contributed by atoms with Crippen molar-refractivity contribution in [2.24, 2.45) is 0 Å². The first-order chi connectivity index (χ1) is 16.7. The number of aryl methyl sites for hydroxylation is 1. The minimum atomic E-state index is -1.21. The minimum Gasteiger partial charge on any atom is -0.478 e. The summed E-state index contributed by atoms with van der Waals surface area (Å²) in [5, 5.41) is 12.1. The van der Waals surface area contributed by atoms with Gasteiger partial charge in [-0.05, 0) is 66.9 Å². The summed E-state index contributed by atoms with van der Waals surface area (Å²) in [6.07, 6.45) is 0. The minimum absolute atomic E-state index is 0.0282. The van der Waals surface area contributed by atoms with Crippen molar-refractivity contribution in [2.45, 2.75) is 13.8 Å². The molecule has 0 atom stereocenters. The van der Waals surface area contributed by atoms with Crippen molar-refractivity contribution in [2.75, 3.05) is 28.3 Å². The summed E-state index contributed by atoms with van der Waals surface area (Å²) < 4.78 is 13.3. The number of halogens is 2. The fourth-order valence-electron chi connectivity index (χ4n) is 3.50. The lowest BCUT2D eigenvalue weighted by Crippen LogP contribution is -2.33. The Balaban J connectivity index is 1.64. The first kappa shape index (κ1) is 26.2. The summed E-state index contributed by atoms with van der Waals surface area (Å²) in [4.78, 5) is 38.3. The number of rotatable bonds is 9. The Morgan fingerprint density at radius 1 is 1.00 bits per heavy atom. The highest BCUT2D eigenvalue weighted by Crippen LogP contribution is 2.29. The van der Waals surface area contributed by atoms with Crippen molar-refractivity contribution in [3.63, 3.8) is 0 Å². The van der Waals surface area contributed by atoms with Crippen LogP contribution in [0.2, 0.25) is 5.02 Å². The first-order valence-electron chi connectivity index (χ1n) is 10.8. The number of hydrogen-bond donors (Lipinski definition) is 2. The number of carboxylic acid groups (broad SMARTS) is 1. The SMILES string of the molecule is CCN(C(=O)CSCC(=O)Nc1ccc(Cl)cc1C(=O)O)c1cc(-c2ccc(F)cc2)ccc1C. The van der Waals surface area contributed by atoms with Crippen LogP contribution in [0.3, 0.4) is 0 Å². The average molecular weight is 515 g/mol. The second kappa shape index (κ2) is 11.9. The molecule has 3 aromatic carbocycles. The Kier molecular flexibility index (Phi) is 8.89. The van der Waals surface area contributed by atoms with E-state index < -0.39 is 11.9 Å². The monoisotopic (exact) mass is 514 g/mol. The number of nitrogens with zero attached hydrogens (tertiary/aromatic N) is 1. The van der Waals surface area contributed by atoms with Crippen LogP contribution in [0, 0.1) is 12.7 Å². The van der Waals surface area contributed by atoms with E-state index in [2.05, 4.69) is 5.32 Å². The van der Waals surface area contributed by atoms with Crippen LogP contribution in [-0.2, 0) is 9.59 Å². The molecule has 182 valence electrons. The molecule has 0 bridgehead atoms. The zero-order valence-corrected chi connectivity index (χ0v) is 20.8. The van der Waals surface area contributed by atoms with Crippen LogP contribution in [0.15, 0.2) is 60.7 Å². The molecular weight excluding hydrogens is 491 g/mol. The number of thioether (sulfide) groups is 1. The molecule has 3 rings (SSSR count). The van der Waals surface area contributed by atoms with Gasteiger partial charge in [-0.3, -0.25) is 9.59 Å². The third-order valence-corrected chi connectivity index (χ3v) is 6.39. The van der Waals surface area contributed by atoms with Crippen LogP contribution < -0.4 is 10.2 Å². The van der Waals surface area contributed by atoms with Crippen molar-refractivity contribution < 1.29 is 23.9 Å². The molecule has 0 aromatic heterocycles. The molecule has 0 aliphatic heterocycles. The molecule has 0 heterocycles. The van der Waals surface area contributed by atoms with Gasteiger partial charge in [0.05, 0.1) is 22.8 Å². The standard InChI is InChI=1S/C26H24ClFN2O4S/c1-3-30(23-12-18(5-4-16(23)2)17-6-9-20(28)10-7-17)25(32)15-35-14-24(31)29-22-11-8-19(27)13-21(22)26(33)34/h4-13H,3,14-15H2,1-2H3,(H,29,31)(H,33,34). The van der Waals surface area contributed by atoms with Gasteiger partial charge in [-0.2, -0.15) is 0 Å². The maximum absolute atomic E-state index is 13.3. The van der Waals surface area contributed by atoms with Crippen molar-refractivity contribution in [3.05, 3.63) is 82.6 Å². The van der Waals surface area contributed by atoms with Gasteiger partial charge in [0.25, 0.3) is 0 Å². The number of anilines is 2. The fourth-order valence-corrected chi connectivity index (χ4v) is 4.36. The number of aromatic carboxylic acids is 1. The van der Waals surface area contributed by atoms with Crippen molar-refractivity contribution >= 4 is 52.5 Å². The summed E-state index contributed by atoms with van der Waals surface area (Å²) in [5.74, 6) is -2.08. The van der Waals surface area contributed by atoms with Gasteiger partial charge >= 0.3 is 5.97 Å². The summed E-state index contributed by atoms with van der Waals surface area (Å²) >= 11 is 6.97. The molecule has 0 spiro atoms. The Labute approximate surface area is 212 Å². The molecule has 2 N–H and O–H groups in total. The van der Waals surface area contributed by atoms with E-state index in [0.717, 1.165) is 34.1 Å². The topological polar surface area (TPSA) is 86.7 Å². The highest BCUT2D eigenvalue weighted by atomic mass is 35.5. The van der Waals surface area contributed by atoms with Gasteiger partial charge in [0.1, 0.15) is 5.82 Å². The Bertz CT molecular complexity index is 1250. The molecule has 0 unspecified atom stereocenters. The van der Waals surface area contributed by atoms with Gasteiger partial charge in [0, 0.05) is 17.3 Å². The number of amides is 2. The predicted octanol–water partition coefficient (Wildman–Crippen LogP) is 5.88. The first-order valence-corrected chi connectivity index (χ1v) is 12.3. The molecule has 3 aromatic rings. The van der Waals surface area contributed by atoms with Gasteiger partial charge < -0.3 is 15.3 Å².